The van der Waals surface area contributed by atoms with Gasteiger partial charge < -0.3 is 5.11 Å². The number of carbonyl (C=O) groups is 2. The Morgan fingerprint density at radius 2 is 2.00 bits per heavy atom. The van der Waals surface area contributed by atoms with Crippen molar-refractivity contribution in [2.45, 2.75) is 39.3 Å². The average Bonchev–Trinajstić information content (AvgIpc) is 2.11. The maximum atomic E-state index is 13.0. The van der Waals surface area contributed by atoms with Gasteiger partial charge in [0, 0.05) is 0 Å². The summed E-state index contributed by atoms with van der Waals surface area (Å²) in [5.41, 5.74) is 0. The highest BCUT2D eigenvalue weighted by Gasteiger charge is 2.27. The van der Waals surface area contributed by atoms with Crippen LogP contribution in [0.1, 0.15) is 33.1 Å². The first-order valence-electron chi connectivity index (χ1n) is 4.41. The molecule has 1 N–H and O–H groups in total. The molecule has 0 aliphatic heterocycles. The number of hydrogen-bond acceptors (Lipinski definition) is 2. The lowest BCUT2D eigenvalue weighted by molar-refractivity contribution is -0.147. The molecule has 0 fully saturated rings. The van der Waals surface area contributed by atoms with Crippen molar-refractivity contribution in [3.05, 3.63) is 0 Å². The molecule has 0 aliphatic rings. The second kappa shape index (κ2) is 5.67. The summed E-state index contributed by atoms with van der Waals surface area (Å²) < 4.78 is 13.0. The fourth-order valence-corrected chi connectivity index (χ4v) is 0.919. The van der Waals surface area contributed by atoms with Gasteiger partial charge in [-0.1, -0.05) is 19.8 Å². The minimum Gasteiger partial charge on any atom is -0.481 e. The third-order valence-corrected chi connectivity index (χ3v) is 1.92. The maximum Gasteiger partial charge on any atom is 0.313 e. The number of aliphatic carboxylic acids is 1. The van der Waals surface area contributed by atoms with Gasteiger partial charge in [-0.15, -0.1) is 0 Å². The van der Waals surface area contributed by atoms with Crippen molar-refractivity contribution >= 4 is 11.8 Å². The largest absolute Gasteiger partial charge is 0.481 e. The molecule has 2 atom stereocenters. The Balaban J connectivity index is 4.01. The molecule has 0 aromatic rings. The van der Waals surface area contributed by atoms with Gasteiger partial charge in [0.1, 0.15) is 5.92 Å². The van der Waals surface area contributed by atoms with Crippen molar-refractivity contribution in [3.63, 3.8) is 0 Å². The van der Waals surface area contributed by atoms with Crippen LogP contribution in [-0.4, -0.2) is 23.0 Å². The minimum atomic E-state index is -1.62. The number of hydrogen-bond donors (Lipinski definition) is 1. The zero-order chi connectivity index (χ0) is 10.4. The summed E-state index contributed by atoms with van der Waals surface area (Å²) in [7, 11) is 0. The van der Waals surface area contributed by atoms with Crippen molar-refractivity contribution in [1.82, 2.24) is 0 Å². The molecule has 3 nitrogen and oxygen atoms in total. The van der Waals surface area contributed by atoms with Crippen LogP contribution in [0.3, 0.4) is 0 Å². The van der Waals surface area contributed by atoms with Gasteiger partial charge in [0.25, 0.3) is 0 Å². The van der Waals surface area contributed by atoms with E-state index in [-0.39, 0.29) is 6.42 Å². The van der Waals surface area contributed by atoms with Crippen LogP contribution in [0.5, 0.6) is 0 Å². The van der Waals surface area contributed by atoms with E-state index in [1.54, 1.807) is 0 Å². The molecule has 0 bridgehead atoms. The van der Waals surface area contributed by atoms with Gasteiger partial charge in [-0.05, 0) is 13.3 Å². The lowest BCUT2D eigenvalue weighted by Crippen LogP contribution is -2.28. The molecule has 0 amide bonds. The number of halogens is 1. The SMILES string of the molecule is CCCCC(F)C(=O)C(C)C(=O)O. The predicted molar refractivity (Wildman–Crippen MR) is 46.2 cm³/mol. The third-order valence-electron chi connectivity index (χ3n) is 1.92. The fourth-order valence-electron chi connectivity index (χ4n) is 0.919. The summed E-state index contributed by atoms with van der Waals surface area (Å²) in [4.78, 5) is 21.4. The highest BCUT2D eigenvalue weighted by atomic mass is 19.1. The molecule has 0 radical (unpaired) electrons. The Hall–Kier alpha value is -0.930. The summed E-state index contributed by atoms with van der Waals surface area (Å²) in [5.74, 6) is -3.31. The Morgan fingerprint density at radius 1 is 1.46 bits per heavy atom. The Morgan fingerprint density at radius 3 is 2.38 bits per heavy atom. The third kappa shape index (κ3) is 4.01. The zero-order valence-corrected chi connectivity index (χ0v) is 7.92. The Bertz CT molecular complexity index is 191. The van der Waals surface area contributed by atoms with E-state index in [1.807, 2.05) is 6.92 Å². The summed E-state index contributed by atoms with van der Waals surface area (Å²) >= 11 is 0. The molecule has 4 heteroatoms. The number of ketones is 1. The molecule has 0 heterocycles. The average molecular weight is 190 g/mol. The van der Waals surface area contributed by atoms with Crippen LogP contribution in [0.15, 0.2) is 0 Å². The smallest absolute Gasteiger partial charge is 0.313 e. The van der Waals surface area contributed by atoms with Crippen molar-refractivity contribution in [1.29, 1.82) is 0 Å². The van der Waals surface area contributed by atoms with E-state index < -0.39 is 23.8 Å². The van der Waals surface area contributed by atoms with E-state index in [9.17, 15) is 14.0 Å². The van der Waals surface area contributed by atoms with Crippen molar-refractivity contribution in [2.24, 2.45) is 5.92 Å². The number of alkyl halides is 1. The number of Topliss-reactive ketones (excluding diaryl/α,β-unsaturated/α-hetero) is 1. The van der Waals surface area contributed by atoms with Crippen LogP contribution in [0.25, 0.3) is 0 Å². The molecular weight excluding hydrogens is 175 g/mol. The zero-order valence-electron chi connectivity index (χ0n) is 7.92. The molecule has 0 rings (SSSR count). The Kier molecular flexibility index (Phi) is 5.26. The van der Waals surface area contributed by atoms with Crippen molar-refractivity contribution < 1.29 is 19.1 Å². The molecule has 0 saturated heterocycles. The number of rotatable bonds is 6. The first-order valence-corrected chi connectivity index (χ1v) is 4.41. The van der Waals surface area contributed by atoms with Crippen LogP contribution in [0.2, 0.25) is 0 Å². The van der Waals surface area contributed by atoms with E-state index in [1.165, 1.54) is 6.92 Å². The molecule has 0 aliphatic carbocycles. The quantitative estimate of drug-likeness (QED) is 0.650. The summed E-state index contributed by atoms with van der Waals surface area (Å²) in [6.45, 7) is 3.10. The van der Waals surface area contributed by atoms with Gasteiger partial charge in [0.05, 0.1) is 0 Å². The van der Waals surface area contributed by atoms with E-state index in [0.29, 0.717) is 6.42 Å². The molecule has 13 heavy (non-hydrogen) atoms. The maximum absolute atomic E-state index is 13.0. The number of carboxylic acid groups (broad SMARTS) is 1. The fraction of sp³-hybridized carbons (Fsp3) is 0.778. The first kappa shape index (κ1) is 12.1. The molecule has 76 valence electrons. The van der Waals surface area contributed by atoms with Crippen LogP contribution in [-0.2, 0) is 9.59 Å². The van der Waals surface area contributed by atoms with Crippen LogP contribution in [0, 0.1) is 5.92 Å². The van der Waals surface area contributed by atoms with E-state index in [2.05, 4.69) is 0 Å². The molecule has 0 saturated carbocycles. The lowest BCUT2D eigenvalue weighted by Gasteiger charge is -2.09. The highest BCUT2D eigenvalue weighted by molar-refractivity contribution is 6.00. The van der Waals surface area contributed by atoms with Crippen molar-refractivity contribution in [3.8, 4) is 0 Å². The van der Waals surface area contributed by atoms with Crippen LogP contribution >= 0.6 is 0 Å². The molecule has 0 aromatic heterocycles. The van der Waals surface area contributed by atoms with Crippen LogP contribution in [0.4, 0.5) is 4.39 Å². The monoisotopic (exact) mass is 190 g/mol. The normalized spacial score (nSPS) is 15.0. The summed E-state index contributed by atoms with van der Waals surface area (Å²) in [6, 6.07) is 0. The topological polar surface area (TPSA) is 54.4 Å². The molecule has 2 unspecified atom stereocenters. The second-order valence-electron chi connectivity index (χ2n) is 3.07. The number of carboxylic acids is 1. The summed E-state index contributed by atoms with van der Waals surface area (Å²) in [6.07, 6.45) is -0.0764. The van der Waals surface area contributed by atoms with E-state index in [0.717, 1.165) is 6.42 Å². The highest BCUT2D eigenvalue weighted by Crippen LogP contribution is 2.11. The lowest BCUT2D eigenvalue weighted by atomic mass is 9.99. The Labute approximate surface area is 76.9 Å². The number of carbonyl (C=O) groups excluding carboxylic acids is 1. The minimum absolute atomic E-state index is 0.132. The van der Waals surface area contributed by atoms with Gasteiger partial charge in [0.15, 0.2) is 12.0 Å². The van der Waals surface area contributed by atoms with Gasteiger partial charge in [-0.2, -0.15) is 0 Å². The van der Waals surface area contributed by atoms with E-state index >= 15 is 0 Å². The predicted octanol–water partition coefficient (Wildman–Crippen LogP) is 1.80. The first-order chi connectivity index (χ1) is 6.00. The van der Waals surface area contributed by atoms with Gasteiger partial charge >= 0.3 is 5.97 Å². The summed E-state index contributed by atoms with van der Waals surface area (Å²) in [5, 5.41) is 8.44. The second-order valence-corrected chi connectivity index (χ2v) is 3.07. The molecule has 0 aromatic carbocycles. The molecular formula is C9H15FO3. The van der Waals surface area contributed by atoms with Gasteiger partial charge in [-0.3, -0.25) is 9.59 Å². The van der Waals surface area contributed by atoms with Crippen LogP contribution < -0.4 is 0 Å². The van der Waals surface area contributed by atoms with E-state index in [4.69, 9.17) is 5.11 Å². The molecule has 0 spiro atoms. The standard InChI is InChI=1S/C9H15FO3/c1-3-4-5-7(10)8(11)6(2)9(12)13/h6-7H,3-5H2,1-2H3,(H,12,13). The van der Waals surface area contributed by atoms with Crippen molar-refractivity contribution in [2.75, 3.05) is 0 Å². The number of unbranched alkanes of at least 4 members (excludes halogenated alkanes) is 1. The van der Waals surface area contributed by atoms with Gasteiger partial charge in [-0.25, -0.2) is 4.39 Å². The van der Waals surface area contributed by atoms with Gasteiger partial charge in [0.2, 0.25) is 0 Å².